The van der Waals surface area contributed by atoms with Crippen molar-refractivity contribution in [2.24, 2.45) is 11.7 Å². The molecule has 1 aromatic carbocycles. The van der Waals surface area contributed by atoms with Crippen LogP contribution in [-0.2, 0) is 25.6 Å². The standard InChI is InChI=1S/C22H32N4O7/c1-12(2)18(23)20(30)25-16(11-27)21(31)26-9-3-4-17(26)19(29)24-15(22(32)33)10-13-5-7-14(28)8-6-13/h5-8,12,15-18,27-28H,3-4,9-11,23H2,1-2H3,(H,24,29)(H,25,30)(H,32,33). The van der Waals surface area contributed by atoms with E-state index in [4.69, 9.17) is 5.73 Å². The number of carbonyl (C=O) groups is 4. The molecule has 0 bridgehead atoms. The first-order chi connectivity index (χ1) is 15.5. The van der Waals surface area contributed by atoms with E-state index >= 15 is 0 Å². The first-order valence-electron chi connectivity index (χ1n) is 10.8. The van der Waals surface area contributed by atoms with Crippen molar-refractivity contribution >= 4 is 23.7 Å². The predicted molar refractivity (Wildman–Crippen MR) is 118 cm³/mol. The highest BCUT2D eigenvalue weighted by Gasteiger charge is 2.39. The van der Waals surface area contributed by atoms with E-state index in [9.17, 15) is 34.5 Å². The SMILES string of the molecule is CC(C)C(N)C(=O)NC(CO)C(=O)N1CCCC1C(=O)NC(Cc1ccc(O)cc1)C(=O)O. The maximum atomic E-state index is 13.0. The first kappa shape index (κ1) is 26.1. The van der Waals surface area contributed by atoms with Gasteiger partial charge in [-0.15, -0.1) is 0 Å². The molecule has 1 aliphatic heterocycles. The highest BCUT2D eigenvalue weighted by molar-refractivity contribution is 5.94. The molecule has 1 aromatic rings. The number of aliphatic hydroxyl groups excluding tert-OH is 1. The number of phenolic OH excluding ortho intramolecular Hbond substituents is 1. The Hall–Kier alpha value is -3.18. The zero-order chi connectivity index (χ0) is 24.7. The fraction of sp³-hybridized carbons (Fsp3) is 0.545. The molecule has 2 rings (SSSR count). The number of aliphatic carboxylic acids is 1. The van der Waals surface area contributed by atoms with Crippen LogP contribution in [0.3, 0.4) is 0 Å². The molecule has 33 heavy (non-hydrogen) atoms. The van der Waals surface area contributed by atoms with E-state index in [1.165, 1.54) is 17.0 Å². The van der Waals surface area contributed by atoms with Crippen LogP contribution in [0, 0.1) is 5.92 Å². The summed E-state index contributed by atoms with van der Waals surface area (Å²) in [7, 11) is 0. The number of aromatic hydroxyl groups is 1. The number of nitrogens with zero attached hydrogens (tertiary/aromatic N) is 1. The number of amides is 3. The van der Waals surface area contributed by atoms with Gasteiger partial charge in [0.15, 0.2) is 0 Å². The molecular weight excluding hydrogens is 432 g/mol. The van der Waals surface area contributed by atoms with Gasteiger partial charge in [0.05, 0.1) is 12.6 Å². The Morgan fingerprint density at radius 1 is 1.12 bits per heavy atom. The summed E-state index contributed by atoms with van der Waals surface area (Å²) in [5.74, 6) is -3.23. The highest BCUT2D eigenvalue weighted by Crippen LogP contribution is 2.19. The molecule has 1 fully saturated rings. The number of carboxylic acid groups (broad SMARTS) is 1. The number of hydrogen-bond donors (Lipinski definition) is 6. The number of nitrogens with two attached hydrogens (primary N) is 1. The van der Waals surface area contributed by atoms with Gasteiger partial charge >= 0.3 is 5.97 Å². The molecule has 4 unspecified atom stereocenters. The zero-order valence-corrected chi connectivity index (χ0v) is 18.7. The molecule has 0 spiro atoms. The number of carbonyl (C=O) groups excluding carboxylic acids is 3. The minimum Gasteiger partial charge on any atom is -0.508 e. The van der Waals surface area contributed by atoms with Gasteiger partial charge in [-0.25, -0.2) is 4.79 Å². The molecule has 0 saturated carbocycles. The minimum atomic E-state index is -1.26. The van der Waals surface area contributed by atoms with Crippen molar-refractivity contribution in [3.63, 3.8) is 0 Å². The molecule has 0 radical (unpaired) electrons. The van der Waals surface area contributed by atoms with E-state index in [0.29, 0.717) is 18.4 Å². The molecule has 182 valence electrons. The van der Waals surface area contributed by atoms with Crippen LogP contribution in [0.5, 0.6) is 5.75 Å². The summed E-state index contributed by atoms with van der Waals surface area (Å²) < 4.78 is 0. The molecule has 11 heteroatoms. The molecule has 0 aliphatic carbocycles. The van der Waals surface area contributed by atoms with Gasteiger partial charge < -0.3 is 36.6 Å². The molecule has 7 N–H and O–H groups in total. The van der Waals surface area contributed by atoms with E-state index in [1.807, 2.05) is 0 Å². The van der Waals surface area contributed by atoms with Crippen LogP contribution in [0.2, 0.25) is 0 Å². The summed E-state index contributed by atoms with van der Waals surface area (Å²) >= 11 is 0. The number of hydrogen-bond acceptors (Lipinski definition) is 7. The van der Waals surface area contributed by atoms with E-state index in [-0.39, 0.29) is 24.6 Å². The Morgan fingerprint density at radius 3 is 2.30 bits per heavy atom. The van der Waals surface area contributed by atoms with Crippen molar-refractivity contribution in [1.29, 1.82) is 0 Å². The summed E-state index contributed by atoms with van der Waals surface area (Å²) in [6, 6.07) is 1.66. The van der Waals surface area contributed by atoms with Gasteiger partial charge in [-0.2, -0.15) is 0 Å². The highest BCUT2D eigenvalue weighted by atomic mass is 16.4. The molecule has 11 nitrogen and oxygen atoms in total. The summed E-state index contributed by atoms with van der Waals surface area (Å²) in [5, 5.41) is 33.5. The molecule has 1 aliphatic rings. The lowest BCUT2D eigenvalue weighted by Crippen LogP contribution is -2.58. The van der Waals surface area contributed by atoms with E-state index < -0.39 is 54.5 Å². The number of nitrogens with one attached hydrogen (secondary N) is 2. The van der Waals surface area contributed by atoms with Crippen molar-refractivity contribution in [3.05, 3.63) is 29.8 Å². The number of rotatable bonds is 10. The molecule has 0 aromatic heterocycles. The second-order valence-electron chi connectivity index (χ2n) is 8.47. The monoisotopic (exact) mass is 464 g/mol. The number of carboxylic acids is 1. The summed E-state index contributed by atoms with van der Waals surface area (Å²) in [6.07, 6.45) is 0.822. The topological polar surface area (TPSA) is 182 Å². The quantitative estimate of drug-likeness (QED) is 0.254. The molecule has 1 heterocycles. The number of phenols is 1. The predicted octanol–water partition coefficient (Wildman–Crippen LogP) is -1.04. The summed E-state index contributed by atoms with van der Waals surface area (Å²) in [6.45, 7) is 3.06. The van der Waals surface area contributed by atoms with E-state index in [1.54, 1.807) is 26.0 Å². The van der Waals surface area contributed by atoms with Gasteiger partial charge in [0, 0.05) is 13.0 Å². The second-order valence-corrected chi connectivity index (χ2v) is 8.47. The third-order valence-corrected chi connectivity index (χ3v) is 5.65. The fourth-order valence-electron chi connectivity index (χ4n) is 3.60. The normalized spacial score (nSPS) is 18.5. The van der Waals surface area contributed by atoms with Crippen molar-refractivity contribution in [1.82, 2.24) is 15.5 Å². The number of benzene rings is 1. The maximum absolute atomic E-state index is 13.0. The third kappa shape index (κ3) is 6.90. The van der Waals surface area contributed by atoms with Crippen molar-refractivity contribution in [2.45, 2.75) is 57.3 Å². The average Bonchev–Trinajstić information content (AvgIpc) is 3.27. The van der Waals surface area contributed by atoms with Gasteiger partial charge in [-0.05, 0) is 36.5 Å². The van der Waals surface area contributed by atoms with Crippen LogP contribution in [0.15, 0.2) is 24.3 Å². The fourth-order valence-corrected chi connectivity index (χ4v) is 3.60. The Labute approximate surface area is 191 Å². The van der Waals surface area contributed by atoms with Crippen LogP contribution in [0.4, 0.5) is 0 Å². The van der Waals surface area contributed by atoms with Crippen LogP contribution >= 0.6 is 0 Å². The van der Waals surface area contributed by atoms with Gasteiger partial charge in [-0.1, -0.05) is 26.0 Å². The van der Waals surface area contributed by atoms with Gasteiger partial charge in [0.1, 0.15) is 23.9 Å². The van der Waals surface area contributed by atoms with Crippen molar-refractivity contribution < 1.29 is 34.5 Å². The Morgan fingerprint density at radius 2 is 1.76 bits per heavy atom. The van der Waals surface area contributed by atoms with E-state index in [2.05, 4.69) is 10.6 Å². The van der Waals surface area contributed by atoms with Gasteiger partial charge in [0.2, 0.25) is 17.7 Å². The Balaban J connectivity index is 2.07. The lowest BCUT2D eigenvalue weighted by molar-refractivity contribution is -0.145. The van der Waals surface area contributed by atoms with Crippen LogP contribution in [-0.4, -0.2) is 81.2 Å². The minimum absolute atomic E-state index is 0.00949. The average molecular weight is 465 g/mol. The largest absolute Gasteiger partial charge is 0.508 e. The maximum Gasteiger partial charge on any atom is 0.326 e. The van der Waals surface area contributed by atoms with Crippen LogP contribution in [0.1, 0.15) is 32.3 Å². The Kier molecular flexibility index (Phi) is 9.18. The smallest absolute Gasteiger partial charge is 0.326 e. The number of aliphatic hydroxyl groups is 1. The third-order valence-electron chi connectivity index (χ3n) is 5.65. The number of likely N-dealkylation sites (tertiary alicyclic amines) is 1. The van der Waals surface area contributed by atoms with Crippen molar-refractivity contribution in [3.8, 4) is 5.75 Å². The van der Waals surface area contributed by atoms with Crippen LogP contribution < -0.4 is 16.4 Å². The molecule has 1 saturated heterocycles. The zero-order valence-electron chi connectivity index (χ0n) is 18.7. The van der Waals surface area contributed by atoms with Crippen LogP contribution in [0.25, 0.3) is 0 Å². The Bertz CT molecular complexity index is 859. The lowest BCUT2D eigenvalue weighted by Gasteiger charge is -2.29. The lowest BCUT2D eigenvalue weighted by atomic mass is 10.0. The van der Waals surface area contributed by atoms with Gasteiger partial charge in [0.25, 0.3) is 0 Å². The second kappa shape index (κ2) is 11.6. The molecule has 3 amide bonds. The van der Waals surface area contributed by atoms with Gasteiger partial charge in [-0.3, -0.25) is 14.4 Å². The summed E-state index contributed by atoms with van der Waals surface area (Å²) in [4.78, 5) is 51.0. The molecular formula is C22H32N4O7. The van der Waals surface area contributed by atoms with Crippen molar-refractivity contribution in [2.75, 3.05) is 13.2 Å². The summed E-state index contributed by atoms with van der Waals surface area (Å²) in [5.41, 5.74) is 6.40. The molecule has 4 atom stereocenters. The first-order valence-corrected chi connectivity index (χ1v) is 10.8. The van der Waals surface area contributed by atoms with E-state index in [0.717, 1.165) is 0 Å².